The van der Waals surface area contributed by atoms with Gasteiger partial charge in [0.05, 0.1) is 12.2 Å². The average molecular weight is 242 g/mol. The summed E-state index contributed by atoms with van der Waals surface area (Å²) in [5.74, 6) is -0.458. The Kier molecular flexibility index (Phi) is 3.73. The SMILES string of the molecule is CC1(C)O[C@H]2CC(CCCCC(=O)O)C[C@H]2O1. The Labute approximate surface area is 102 Å². The van der Waals surface area contributed by atoms with E-state index in [1.54, 1.807) is 0 Å². The Morgan fingerprint density at radius 2 is 1.82 bits per heavy atom. The molecule has 0 amide bonds. The smallest absolute Gasteiger partial charge is 0.303 e. The second-order valence-electron chi connectivity index (χ2n) is 5.69. The molecule has 1 saturated carbocycles. The van der Waals surface area contributed by atoms with Gasteiger partial charge >= 0.3 is 5.97 Å². The lowest BCUT2D eigenvalue weighted by Gasteiger charge is -2.20. The largest absolute Gasteiger partial charge is 0.481 e. The molecule has 17 heavy (non-hydrogen) atoms. The summed E-state index contributed by atoms with van der Waals surface area (Å²) < 4.78 is 11.7. The van der Waals surface area contributed by atoms with Crippen molar-refractivity contribution in [3.05, 3.63) is 0 Å². The summed E-state index contributed by atoms with van der Waals surface area (Å²) in [6, 6.07) is 0. The van der Waals surface area contributed by atoms with Crippen LogP contribution in [0, 0.1) is 5.92 Å². The molecule has 4 nitrogen and oxygen atoms in total. The Hall–Kier alpha value is -0.610. The van der Waals surface area contributed by atoms with Gasteiger partial charge in [-0.15, -0.1) is 0 Å². The number of carboxylic acids is 1. The minimum absolute atomic E-state index is 0.259. The minimum Gasteiger partial charge on any atom is -0.481 e. The molecule has 0 bridgehead atoms. The van der Waals surface area contributed by atoms with E-state index in [0.717, 1.165) is 32.1 Å². The summed E-state index contributed by atoms with van der Waals surface area (Å²) >= 11 is 0. The van der Waals surface area contributed by atoms with Gasteiger partial charge < -0.3 is 14.6 Å². The van der Waals surface area contributed by atoms with Crippen LogP contribution in [0.25, 0.3) is 0 Å². The van der Waals surface area contributed by atoms with Crippen LogP contribution >= 0.6 is 0 Å². The Balaban J connectivity index is 1.65. The number of rotatable bonds is 5. The molecule has 0 aromatic rings. The molecule has 1 unspecified atom stereocenters. The summed E-state index contributed by atoms with van der Waals surface area (Å²) in [6.45, 7) is 3.93. The van der Waals surface area contributed by atoms with Crippen molar-refractivity contribution in [2.45, 2.75) is 70.4 Å². The van der Waals surface area contributed by atoms with E-state index in [1.807, 2.05) is 13.8 Å². The van der Waals surface area contributed by atoms with Crippen molar-refractivity contribution in [2.24, 2.45) is 5.92 Å². The van der Waals surface area contributed by atoms with Gasteiger partial charge in [-0.2, -0.15) is 0 Å². The molecule has 4 heteroatoms. The molecule has 1 N–H and O–H groups in total. The van der Waals surface area contributed by atoms with Gasteiger partial charge in [0, 0.05) is 6.42 Å². The molecule has 2 rings (SSSR count). The molecule has 3 atom stereocenters. The molecule has 0 spiro atoms. The molecule has 0 aromatic carbocycles. The topological polar surface area (TPSA) is 55.8 Å². The molecule has 1 heterocycles. The third kappa shape index (κ3) is 3.42. The van der Waals surface area contributed by atoms with Crippen LogP contribution in [0.2, 0.25) is 0 Å². The van der Waals surface area contributed by atoms with E-state index in [-0.39, 0.29) is 12.2 Å². The van der Waals surface area contributed by atoms with E-state index in [0.29, 0.717) is 12.3 Å². The van der Waals surface area contributed by atoms with Gasteiger partial charge in [0.1, 0.15) is 0 Å². The first-order valence-corrected chi connectivity index (χ1v) is 6.54. The van der Waals surface area contributed by atoms with E-state index in [9.17, 15) is 4.79 Å². The monoisotopic (exact) mass is 242 g/mol. The van der Waals surface area contributed by atoms with Crippen molar-refractivity contribution in [1.29, 1.82) is 0 Å². The summed E-state index contributed by atoms with van der Waals surface area (Å²) in [5, 5.41) is 8.55. The number of hydrogen-bond donors (Lipinski definition) is 1. The van der Waals surface area contributed by atoms with Gasteiger partial charge in [0.25, 0.3) is 0 Å². The molecule has 2 aliphatic rings. The van der Waals surface area contributed by atoms with Crippen LogP contribution in [0.5, 0.6) is 0 Å². The fraction of sp³-hybridized carbons (Fsp3) is 0.923. The maximum Gasteiger partial charge on any atom is 0.303 e. The number of ether oxygens (including phenoxy) is 2. The molecular weight excluding hydrogens is 220 g/mol. The normalized spacial score (nSPS) is 34.8. The maximum absolute atomic E-state index is 10.4. The number of carboxylic acid groups (broad SMARTS) is 1. The van der Waals surface area contributed by atoms with E-state index in [1.165, 1.54) is 0 Å². The molecule has 1 saturated heterocycles. The van der Waals surface area contributed by atoms with Gasteiger partial charge in [-0.1, -0.05) is 12.8 Å². The summed E-state index contributed by atoms with van der Waals surface area (Å²) in [5.41, 5.74) is 0. The number of fused-ring (bicyclic) bond motifs is 1. The van der Waals surface area contributed by atoms with Crippen LogP contribution in [-0.4, -0.2) is 29.1 Å². The third-order valence-electron chi connectivity index (χ3n) is 3.67. The van der Waals surface area contributed by atoms with E-state index >= 15 is 0 Å². The predicted molar refractivity (Wildman–Crippen MR) is 62.7 cm³/mol. The first-order chi connectivity index (χ1) is 7.96. The van der Waals surface area contributed by atoms with E-state index < -0.39 is 11.8 Å². The van der Waals surface area contributed by atoms with Crippen molar-refractivity contribution in [2.75, 3.05) is 0 Å². The average Bonchev–Trinajstić information content (AvgIpc) is 2.65. The zero-order valence-electron chi connectivity index (χ0n) is 10.6. The van der Waals surface area contributed by atoms with Crippen molar-refractivity contribution in [3.63, 3.8) is 0 Å². The number of hydrogen-bond acceptors (Lipinski definition) is 3. The molecule has 1 aliphatic heterocycles. The first kappa shape index (κ1) is 12.8. The zero-order valence-corrected chi connectivity index (χ0v) is 10.6. The zero-order chi connectivity index (χ0) is 12.5. The van der Waals surface area contributed by atoms with Crippen LogP contribution in [0.1, 0.15) is 52.4 Å². The van der Waals surface area contributed by atoms with Gasteiger partial charge in [-0.3, -0.25) is 4.79 Å². The molecule has 1 aliphatic carbocycles. The second-order valence-corrected chi connectivity index (χ2v) is 5.69. The highest BCUT2D eigenvalue weighted by Crippen LogP contribution is 2.42. The highest BCUT2D eigenvalue weighted by Gasteiger charge is 2.46. The van der Waals surface area contributed by atoms with Gasteiger partial charge in [-0.05, 0) is 39.0 Å². The van der Waals surface area contributed by atoms with Crippen molar-refractivity contribution in [3.8, 4) is 0 Å². The number of carbonyl (C=O) groups is 1. The van der Waals surface area contributed by atoms with Crippen molar-refractivity contribution >= 4 is 5.97 Å². The molecular formula is C13H22O4. The lowest BCUT2D eigenvalue weighted by atomic mass is 9.99. The van der Waals surface area contributed by atoms with Gasteiger partial charge in [-0.25, -0.2) is 0 Å². The molecule has 0 aromatic heterocycles. The third-order valence-corrected chi connectivity index (χ3v) is 3.67. The van der Waals surface area contributed by atoms with Crippen molar-refractivity contribution in [1.82, 2.24) is 0 Å². The fourth-order valence-electron chi connectivity index (χ4n) is 3.01. The predicted octanol–water partition coefficient (Wildman–Crippen LogP) is 2.56. The lowest BCUT2D eigenvalue weighted by molar-refractivity contribution is -0.154. The second kappa shape index (κ2) is 4.94. The van der Waals surface area contributed by atoms with Crippen LogP contribution in [0.3, 0.4) is 0 Å². The molecule has 98 valence electrons. The summed E-state index contributed by atoms with van der Waals surface area (Å²) in [6.07, 6.45) is 5.84. The summed E-state index contributed by atoms with van der Waals surface area (Å²) in [4.78, 5) is 10.4. The van der Waals surface area contributed by atoms with Crippen LogP contribution in [0.4, 0.5) is 0 Å². The highest BCUT2D eigenvalue weighted by atomic mass is 16.8. The van der Waals surface area contributed by atoms with E-state index in [4.69, 9.17) is 14.6 Å². The number of aliphatic carboxylic acids is 1. The van der Waals surface area contributed by atoms with E-state index in [2.05, 4.69) is 0 Å². The number of unbranched alkanes of at least 4 members (excludes halogenated alkanes) is 1. The Bertz CT molecular complexity index is 271. The lowest BCUT2D eigenvalue weighted by Crippen LogP contribution is -2.23. The standard InChI is InChI=1S/C13H22O4/c1-13(2)16-10-7-9(8-11(10)17-13)5-3-4-6-12(14)15/h9-11H,3-8H2,1-2H3,(H,14,15)/t9?,10-,11+. The van der Waals surface area contributed by atoms with Gasteiger partial charge in [0.2, 0.25) is 0 Å². The van der Waals surface area contributed by atoms with Gasteiger partial charge in [0.15, 0.2) is 5.79 Å². The quantitative estimate of drug-likeness (QED) is 0.753. The van der Waals surface area contributed by atoms with Crippen LogP contribution in [-0.2, 0) is 14.3 Å². The fourth-order valence-corrected chi connectivity index (χ4v) is 3.01. The van der Waals surface area contributed by atoms with Crippen molar-refractivity contribution < 1.29 is 19.4 Å². The maximum atomic E-state index is 10.4. The highest BCUT2D eigenvalue weighted by molar-refractivity contribution is 5.66. The van der Waals surface area contributed by atoms with Crippen LogP contribution < -0.4 is 0 Å². The first-order valence-electron chi connectivity index (χ1n) is 6.54. The summed E-state index contributed by atoms with van der Waals surface area (Å²) in [7, 11) is 0. The Morgan fingerprint density at radius 3 is 2.35 bits per heavy atom. The molecule has 0 radical (unpaired) electrons. The minimum atomic E-state index is -0.693. The van der Waals surface area contributed by atoms with Crippen LogP contribution in [0.15, 0.2) is 0 Å². The molecule has 2 fully saturated rings. The Morgan fingerprint density at radius 1 is 1.24 bits per heavy atom.